The molecule has 86 heavy (non-hydrogen) atoms. The van der Waals surface area contributed by atoms with E-state index in [0.717, 1.165) is 88.2 Å². The fourth-order valence-corrected chi connectivity index (χ4v) is 11.4. The van der Waals surface area contributed by atoms with Gasteiger partial charge in [0.05, 0.1) is 81.6 Å². The number of pyridine rings is 1. The molecule has 0 spiro atoms. The van der Waals surface area contributed by atoms with Crippen molar-refractivity contribution in [3.8, 4) is 11.5 Å². The second-order valence-electron chi connectivity index (χ2n) is 22.8. The summed E-state index contributed by atoms with van der Waals surface area (Å²) in [6, 6.07) is 16.4. The van der Waals surface area contributed by atoms with Gasteiger partial charge in [-0.05, 0) is 131 Å². The summed E-state index contributed by atoms with van der Waals surface area (Å²) in [5, 5.41) is 30.2. The van der Waals surface area contributed by atoms with Gasteiger partial charge < -0.3 is 29.5 Å². The average Bonchev–Trinajstić information content (AvgIpc) is 4.13. The van der Waals surface area contributed by atoms with Crippen molar-refractivity contribution in [2.24, 2.45) is 0 Å². The number of aromatic nitrogens is 8. The lowest BCUT2D eigenvalue weighted by Crippen LogP contribution is -1.98. The van der Waals surface area contributed by atoms with Gasteiger partial charge in [-0.15, -0.1) is 0 Å². The standard InChI is InChI=1S/C12H14ClNO.2C12H14FNO.C11H12ClN.C11H13FN2.C10H11ClN2.CH4/c2*1-7(2)9-6-10(13)12(15-3)11-8(9)4-5-14-11;1-7(2)11-9-3-4-14-12(9)8(6-15)5-10(11)13;1-7(2)11-9-5-3-4-8(9)10(12)6-13-11;1-6(2)8-4-10(12)7(3)11-9(8)5-13-14-11;1-6(2)7-3-4-9(11)10-8(7)5-12-13-10;/h2*4-7,14H,1-3H3;3-5,7,14-15H,6H2,1-2H3;3,5-7H,4H2,1-2H3;4-6H,1-3H3,(H,13,14);3-6H,1-2H3,(H,12,13);1H4. The van der Waals surface area contributed by atoms with E-state index in [1.54, 1.807) is 51.0 Å². The SMILES string of the molecule is C.CC(C)c1c(F)cc(CO)c2[nH]ccc12.CC(C)c1ccc(Cl)c2[nH]ncc12.CC(C)c1ncc(Cl)c2c1C=CC2.COc1c(Cl)cc(C(C)C)c2cc[nH]c12.COc1c(F)cc(C(C)C)c2cc[nH]c12.Cc1c(F)cc(C(C)C)c2cn[nH]c12. The third kappa shape index (κ3) is 14.8. The molecule has 12 rings (SSSR count). The van der Waals surface area contributed by atoms with Gasteiger partial charge in [0.2, 0.25) is 0 Å². The number of nitrogens with one attached hydrogen (secondary N) is 5. The third-order valence-electron chi connectivity index (χ3n) is 15.1. The summed E-state index contributed by atoms with van der Waals surface area (Å²) in [7, 11) is 3.12. The highest BCUT2D eigenvalue weighted by Gasteiger charge is 2.20. The molecule has 6 aromatic heterocycles. The van der Waals surface area contributed by atoms with Crippen molar-refractivity contribution in [3.63, 3.8) is 0 Å². The Morgan fingerprint density at radius 1 is 0.523 bits per heavy atom. The Balaban J connectivity index is 0.000000165. The third-order valence-corrected chi connectivity index (χ3v) is 16.0. The highest BCUT2D eigenvalue weighted by atomic mass is 35.5. The lowest BCUT2D eigenvalue weighted by atomic mass is 9.96. The van der Waals surface area contributed by atoms with Crippen molar-refractivity contribution in [1.82, 2.24) is 40.3 Å². The van der Waals surface area contributed by atoms with Gasteiger partial charge in [-0.3, -0.25) is 15.2 Å². The van der Waals surface area contributed by atoms with Gasteiger partial charge in [0.1, 0.15) is 11.6 Å². The van der Waals surface area contributed by atoms with Crippen molar-refractivity contribution in [2.45, 2.75) is 146 Å². The van der Waals surface area contributed by atoms with E-state index in [0.29, 0.717) is 57.1 Å². The Labute approximate surface area is 518 Å². The summed E-state index contributed by atoms with van der Waals surface area (Å²) in [5.74, 6) is 2.46. The number of allylic oxidation sites excluding steroid dienone is 1. The molecule has 0 saturated carbocycles. The van der Waals surface area contributed by atoms with Gasteiger partial charge in [0.25, 0.3) is 0 Å². The van der Waals surface area contributed by atoms with E-state index < -0.39 is 0 Å². The normalized spacial score (nSPS) is 11.6. The zero-order valence-corrected chi connectivity index (χ0v) is 53.3. The van der Waals surface area contributed by atoms with Crippen LogP contribution in [0.3, 0.4) is 0 Å². The maximum atomic E-state index is 13.8. The highest BCUT2D eigenvalue weighted by Crippen LogP contribution is 2.39. The van der Waals surface area contributed by atoms with Crippen LogP contribution in [0.1, 0.15) is 182 Å². The summed E-state index contributed by atoms with van der Waals surface area (Å²) >= 11 is 18.2. The number of ether oxygens (including phenoxy) is 2. The molecule has 5 aromatic carbocycles. The van der Waals surface area contributed by atoms with Crippen LogP contribution in [-0.4, -0.2) is 59.7 Å². The molecule has 11 nitrogen and oxygen atoms in total. The van der Waals surface area contributed by atoms with Gasteiger partial charge in [-0.2, -0.15) is 10.2 Å². The van der Waals surface area contributed by atoms with Crippen molar-refractivity contribution in [2.75, 3.05) is 14.2 Å². The van der Waals surface area contributed by atoms with Gasteiger partial charge in [0, 0.05) is 68.4 Å². The maximum Gasteiger partial charge on any atom is 0.178 e. The van der Waals surface area contributed by atoms with Gasteiger partial charge in [-0.25, -0.2) is 13.2 Å². The Hall–Kier alpha value is -7.23. The molecule has 0 atom stereocenters. The van der Waals surface area contributed by atoms with Gasteiger partial charge >= 0.3 is 0 Å². The molecule has 1 aliphatic rings. The first kappa shape index (κ1) is 67.9. The summed E-state index contributed by atoms with van der Waals surface area (Å²) < 4.78 is 51.3. The number of aliphatic hydroxyl groups excluding tert-OH is 1. The van der Waals surface area contributed by atoms with Crippen LogP contribution in [0.15, 0.2) is 97.9 Å². The molecular formula is C69H82Cl3F3N8O3. The monoisotopic (exact) mass is 1230 g/mol. The number of aromatic amines is 5. The van der Waals surface area contributed by atoms with Gasteiger partial charge in [-0.1, -0.05) is 144 Å². The van der Waals surface area contributed by atoms with Crippen LogP contribution < -0.4 is 9.47 Å². The predicted molar refractivity (Wildman–Crippen MR) is 354 cm³/mol. The number of benzene rings is 5. The van der Waals surface area contributed by atoms with E-state index in [1.807, 2.05) is 64.4 Å². The molecule has 0 amide bonds. The number of methoxy groups -OCH3 is 2. The number of aliphatic hydroxyl groups is 1. The van der Waals surface area contributed by atoms with Gasteiger partial charge in [0.15, 0.2) is 17.3 Å². The Morgan fingerprint density at radius 2 is 1.03 bits per heavy atom. The topological polar surface area (TPSA) is 156 Å². The van der Waals surface area contributed by atoms with Crippen LogP contribution in [0.4, 0.5) is 13.2 Å². The second-order valence-corrected chi connectivity index (χ2v) is 24.0. The number of hydrogen-bond donors (Lipinski definition) is 6. The molecular weight excluding hydrogens is 1150 g/mol. The fraction of sp³-hybridized carbons (Fsp3) is 0.348. The van der Waals surface area contributed by atoms with Crippen LogP contribution in [-0.2, 0) is 13.0 Å². The first-order chi connectivity index (χ1) is 40.4. The zero-order valence-electron chi connectivity index (χ0n) is 51.1. The number of aryl methyl sites for hydroxylation is 1. The molecule has 0 saturated heterocycles. The molecule has 458 valence electrons. The maximum absolute atomic E-state index is 13.8. The van der Waals surface area contributed by atoms with E-state index in [9.17, 15) is 13.2 Å². The smallest absolute Gasteiger partial charge is 0.178 e. The molecule has 17 heteroatoms. The molecule has 0 bridgehead atoms. The number of H-pyrrole nitrogens is 5. The molecule has 6 N–H and O–H groups in total. The number of rotatable bonds is 9. The Bertz CT molecular complexity index is 4000. The van der Waals surface area contributed by atoms with Crippen LogP contribution in [0, 0.1) is 24.4 Å². The van der Waals surface area contributed by atoms with Crippen molar-refractivity contribution < 1.29 is 27.8 Å². The zero-order chi connectivity index (χ0) is 62.1. The molecule has 0 unspecified atom stereocenters. The summed E-state index contributed by atoms with van der Waals surface area (Å²) in [6.07, 6.45) is 16.1. The molecule has 6 heterocycles. The van der Waals surface area contributed by atoms with Crippen LogP contribution in [0.2, 0.25) is 15.1 Å². The number of halogens is 6. The first-order valence-corrected chi connectivity index (χ1v) is 29.7. The van der Waals surface area contributed by atoms with E-state index in [-0.39, 0.29) is 37.4 Å². The molecule has 11 aromatic rings. The van der Waals surface area contributed by atoms with Crippen molar-refractivity contribution >= 4 is 95.4 Å². The first-order valence-electron chi connectivity index (χ1n) is 28.6. The number of nitrogens with zero attached hydrogens (tertiary/aromatic N) is 3. The summed E-state index contributed by atoms with van der Waals surface area (Å²) in [5.41, 5.74) is 14.4. The summed E-state index contributed by atoms with van der Waals surface area (Å²) in [4.78, 5) is 13.6. The second kappa shape index (κ2) is 29.9. The van der Waals surface area contributed by atoms with Crippen molar-refractivity contribution in [3.05, 3.63) is 186 Å². The number of hydrogen-bond acceptors (Lipinski definition) is 6. The van der Waals surface area contributed by atoms with E-state index in [4.69, 9.17) is 49.4 Å². The van der Waals surface area contributed by atoms with Crippen LogP contribution in [0.5, 0.6) is 11.5 Å². The Morgan fingerprint density at radius 3 is 1.58 bits per heavy atom. The van der Waals surface area contributed by atoms with E-state index in [2.05, 4.69) is 120 Å². The molecule has 0 aliphatic heterocycles. The van der Waals surface area contributed by atoms with Crippen LogP contribution in [0.25, 0.3) is 60.6 Å². The minimum atomic E-state index is -0.309. The number of fused-ring (bicyclic) bond motifs is 6. The minimum Gasteiger partial charge on any atom is -0.493 e. The summed E-state index contributed by atoms with van der Waals surface area (Å²) in [6.45, 7) is 26.7. The molecule has 0 radical (unpaired) electrons. The Kier molecular flexibility index (Phi) is 23.6. The molecule has 1 aliphatic carbocycles. The molecule has 0 fully saturated rings. The average molecular weight is 1230 g/mol. The minimum absolute atomic E-state index is 0. The highest BCUT2D eigenvalue weighted by molar-refractivity contribution is 6.35. The largest absolute Gasteiger partial charge is 0.493 e. The lowest BCUT2D eigenvalue weighted by Gasteiger charge is -2.11. The van der Waals surface area contributed by atoms with E-state index >= 15 is 0 Å². The van der Waals surface area contributed by atoms with Crippen LogP contribution >= 0.6 is 34.8 Å². The quantitative estimate of drug-likeness (QED) is 0.0845. The predicted octanol–water partition coefficient (Wildman–Crippen LogP) is 20.9. The fourth-order valence-electron chi connectivity index (χ4n) is 10.7. The van der Waals surface area contributed by atoms with Crippen molar-refractivity contribution in [1.29, 1.82) is 0 Å². The lowest BCUT2D eigenvalue weighted by molar-refractivity contribution is 0.282. The van der Waals surface area contributed by atoms with E-state index in [1.165, 1.54) is 40.8 Å².